The molecule has 4 aliphatic heterocycles. The van der Waals surface area contributed by atoms with E-state index in [-0.39, 0.29) is 31.5 Å². The molecule has 2 bridgehead atoms. The lowest BCUT2D eigenvalue weighted by Gasteiger charge is -2.66. The summed E-state index contributed by atoms with van der Waals surface area (Å²) in [4.78, 5) is 12.6. The summed E-state index contributed by atoms with van der Waals surface area (Å²) in [5.74, 6) is -0.667. The molecule has 3 fully saturated rings. The Kier molecular flexibility index (Phi) is 4.62. The zero-order valence-electron chi connectivity index (χ0n) is 21.1. The molecule has 1 aliphatic carbocycles. The van der Waals surface area contributed by atoms with Crippen LogP contribution in [0, 0.1) is 18.3 Å². The number of aliphatic hydroxyl groups excluding tert-OH is 2. The topological polar surface area (TPSA) is 113 Å². The Hall–Kier alpha value is -1.91. The summed E-state index contributed by atoms with van der Waals surface area (Å²) in [6.07, 6.45) is 0.911. The van der Waals surface area contributed by atoms with Gasteiger partial charge in [-0.25, -0.2) is 4.79 Å². The van der Waals surface area contributed by atoms with E-state index in [1.54, 1.807) is 14.0 Å². The molecule has 0 amide bonds. The van der Waals surface area contributed by atoms with Gasteiger partial charge in [0.1, 0.15) is 40.5 Å². The van der Waals surface area contributed by atoms with Crippen molar-refractivity contribution in [2.24, 2.45) is 11.3 Å². The van der Waals surface area contributed by atoms with Crippen molar-refractivity contribution in [2.45, 2.75) is 88.9 Å². The molecule has 1 aromatic rings. The summed E-state index contributed by atoms with van der Waals surface area (Å²) < 4.78 is 36.5. The van der Waals surface area contributed by atoms with Gasteiger partial charge in [-0.1, -0.05) is 6.92 Å². The molecule has 1 aromatic carbocycles. The Bertz CT molecular complexity index is 1130. The number of esters is 1. The molecule has 0 radical (unpaired) electrons. The first-order valence-corrected chi connectivity index (χ1v) is 12.3. The van der Waals surface area contributed by atoms with Crippen molar-refractivity contribution in [1.29, 1.82) is 0 Å². The number of aliphatic hydroxyl groups is 2. The van der Waals surface area contributed by atoms with E-state index in [9.17, 15) is 15.0 Å². The van der Waals surface area contributed by atoms with E-state index < -0.39 is 34.3 Å². The maximum atomic E-state index is 12.6. The van der Waals surface area contributed by atoms with Crippen LogP contribution in [0.15, 0.2) is 0 Å². The van der Waals surface area contributed by atoms with Crippen molar-refractivity contribution in [3.63, 3.8) is 0 Å². The molecule has 6 rings (SSSR count). The molecule has 5 aliphatic rings. The molecule has 192 valence electrons. The Morgan fingerprint density at radius 3 is 2.51 bits per heavy atom. The lowest BCUT2D eigenvalue weighted by molar-refractivity contribution is -0.392. The number of rotatable bonds is 3. The number of fused-ring (bicyclic) bond motifs is 5. The van der Waals surface area contributed by atoms with Crippen LogP contribution in [0.5, 0.6) is 11.5 Å². The molecule has 35 heavy (non-hydrogen) atoms. The normalized spacial score (nSPS) is 45.1. The molecule has 4 heterocycles. The maximum absolute atomic E-state index is 12.6. The Morgan fingerprint density at radius 2 is 1.86 bits per heavy atom. The third-order valence-electron chi connectivity index (χ3n) is 9.84. The molecule has 9 nitrogen and oxygen atoms in total. The first-order valence-electron chi connectivity index (χ1n) is 12.3. The van der Waals surface area contributed by atoms with Gasteiger partial charge in [0.2, 0.25) is 0 Å². The van der Waals surface area contributed by atoms with E-state index in [1.165, 1.54) is 7.11 Å². The minimum absolute atomic E-state index is 0.142. The second-order valence-electron chi connectivity index (χ2n) is 11.4. The van der Waals surface area contributed by atoms with Crippen LogP contribution in [0.3, 0.4) is 0 Å². The molecular weight excluding hydrogens is 456 g/mol. The molecule has 2 saturated heterocycles. The van der Waals surface area contributed by atoms with Crippen LogP contribution in [0.1, 0.15) is 67.1 Å². The van der Waals surface area contributed by atoms with Crippen molar-refractivity contribution in [3.05, 3.63) is 22.3 Å². The average Bonchev–Trinajstić information content (AvgIpc) is 3.32. The first kappa shape index (κ1) is 23.5. The average molecular weight is 491 g/mol. The number of hydrogen-bond donors (Lipinski definition) is 2. The predicted octanol–water partition coefficient (Wildman–Crippen LogP) is 2.39. The molecule has 2 N–H and O–H groups in total. The Labute approximate surface area is 204 Å². The summed E-state index contributed by atoms with van der Waals surface area (Å²) in [5.41, 5.74) is -0.872. The second kappa shape index (κ2) is 6.89. The van der Waals surface area contributed by atoms with Gasteiger partial charge in [0.15, 0.2) is 0 Å². The van der Waals surface area contributed by atoms with Crippen LogP contribution >= 0.6 is 0 Å². The molecule has 0 unspecified atom stereocenters. The number of carbonyl (C=O) groups excluding carboxylic acids is 1. The fourth-order valence-electron chi connectivity index (χ4n) is 8.22. The maximum Gasteiger partial charge on any atom is 0.342 e. The first-order chi connectivity index (χ1) is 16.4. The lowest BCUT2D eigenvalue weighted by atomic mass is 9.45. The van der Waals surface area contributed by atoms with Gasteiger partial charge in [-0.2, -0.15) is 0 Å². The highest BCUT2D eigenvalue weighted by molar-refractivity contribution is 5.98. The molecule has 7 atom stereocenters. The summed E-state index contributed by atoms with van der Waals surface area (Å²) in [5, 5.41) is 22.3. The Morgan fingerprint density at radius 1 is 1.11 bits per heavy atom. The second-order valence-corrected chi connectivity index (χ2v) is 11.4. The van der Waals surface area contributed by atoms with Gasteiger partial charge in [0.25, 0.3) is 5.97 Å². The largest absolute Gasteiger partial charge is 0.495 e. The van der Waals surface area contributed by atoms with Gasteiger partial charge < -0.3 is 38.6 Å². The van der Waals surface area contributed by atoms with Crippen molar-refractivity contribution >= 4 is 5.97 Å². The van der Waals surface area contributed by atoms with Crippen molar-refractivity contribution < 1.29 is 43.4 Å². The molecular formula is C26H34O9. The highest BCUT2D eigenvalue weighted by Gasteiger charge is 2.81. The lowest BCUT2D eigenvalue weighted by Crippen LogP contribution is -2.78. The predicted molar refractivity (Wildman–Crippen MR) is 121 cm³/mol. The smallest absolute Gasteiger partial charge is 0.342 e. The summed E-state index contributed by atoms with van der Waals surface area (Å²) in [6.45, 7) is 7.70. The van der Waals surface area contributed by atoms with Gasteiger partial charge in [-0.15, -0.1) is 0 Å². The third kappa shape index (κ3) is 2.49. The quantitative estimate of drug-likeness (QED) is 0.617. The molecule has 1 spiro atoms. The number of cyclic esters (lactones) is 1. The van der Waals surface area contributed by atoms with Gasteiger partial charge in [0.05, 0.1) is 19.8 Å². The zero-order valence-corrected chi connectivity index (χ0v) is 21.1. The summed E-state index contributed by atoms with van der Waals surface area (Å²) in [7, 11) is 3.08. The van der Waals surface area contributed by atoms with E-state index in [0.717, 1.165) is 16.7 Å². The third-order valence-corrected chi connectivity index (χ3v) is 9.84. The molecule has 9 heteroatoms. The summed E-state index contributed by atoms with van der Waals surface area (Å²) in [6, 6.07) is 0. The van der Waals surface area contributed by atoms with Crippen molar-refractivity contribution in [3.8, 4) is 11.5 Å². The van der Waals surface area contributed by atoms with Crippen molar-refractivity contribution in [1.82, 2.24) is 0 Å². The minimum Gasteiger partial charge on any atom is -0.495 e. The standard InChI is InChI=1S/C26H34O9/c1-13-15-11-32-21(29)18(15)20(30-5)14-9-16-22(2)7-8-25(31-6)34-24(4,12-27)26(22,35-25)17(28)10-23(16,3)33-19(13)14/h16-17,27-28H,7-12H2,1-6H3/t16-,17-,22+,23+,24+,25+,26+/m0/s1. The van der Waals surface area contributed by atoms with Gasteiger partial charge >= 0.3 is 5.97 Å². The van der Waals surface area contributed by atoms with E-state index >= 15 is 0 Å². The SMILES string of the molecule is COc1c2c(c(C)c3c1C(=O)OC3)O[C@]1(C)C[C@H](O)[C@@]34O[C@@](OC)(CC[C@]3(C)[C@@H]1C2)O[C@]4(C)CO. The highest BCUT2D eigenvalue weighted by Crippen LogP contribution is 2.71. The van der Waals surface area contributed by atoms with Gasteiger partial charge in [-0.05, 0) is 39.2 Å². The fraction of sp³-hybridized carbons (Fsp3) is 0.731. The van der Waals surface area contributed by atoms with E-state index in [1.807, 2.05) is 13.8 Å². The number of methoxy groups -OCH3 is 2. The molecule has 1 saturated carbocycles. The van der Waals surface area contributed by atoms with E-state index in [2.05, 4.69) is 6.92 Å². The highest BCUT2D eigenvalue weighted by atomic mass is 16.9. The van der Waals surface area contributed by atoms with Crippen LogP contribution in [0.2, 0.25) is 0 Å². The van der Waals surface area contributed by atoms with Gasteiger partial charge in [-0.3, -0.25) is 0 Å². The summed E-state index contributed by atoms with van der Waals surface area (Å²) >= 11 is 0. The van der Waals surface area contributed by atoms with E-state index in [0.29, 0.717) is 36.3 Å². The Balaban J connectivity index is 1.56. The van der Waals surface area contributed by atoms with Crippen molar-refractivity contribution in [2.75, 3.05) is 20.8 Å². The zero-order chi connectivity index (χ0) is 25.2. The van der Waals surface area contributed by atoms with Crippen LogP contribution < -0.4 is 9.47 Å². The van der Waals surface area contributed by atoms with Crippen LogP contribution in [0.25, 0.3) is 0 Å². The number of ether oxygens (including phenoxy) is 6. The number of carbonyl (C=O) groups is 1. The molecule has 0 aromatic heterocycles. The monoisotopic (exact) mass is 490 g/mol. The van der Waals surface area contributed by atoms with Crippen LogP contribution in [0.4, 0.5) is 0 Å². The number of hydrogen-bond acceptors (Lipinski definition) is 9. The number of benzene rings is 1. The fourth-order valence-corrected chi connectivity index (χ4v) is 8.22. The van der Waals surface area contributed by atoms with Gasteiger partial charge in [0, 0.05) is 42.4 Å². The van der Waals surface area contributed by atoms with Crippen LogP contribution in [-0.4, -0.2) is 65.9 Å². The van der Waals surface area contributed by atoms with Crippen LogP contribution in [-0.2, 0) is 32.0 Å². The minimum atomic E-state index is -1.32. The van der Waals surface area contributed by atoms with E-state index in [4.69, 9.17) is 28.4 Å².